The van der Waals surface area contributed by atoms with Gasteiger partial charge < -0.3 is 9.64 Å². The maximum Gasteiger partial charge on any atom is 0.330 e. The van der Waals surface area contributed by atoms with Crippen LogP contribution in [0.15, 0.2) is 61.2 Å². The van der Waals surface area contributed by atoms with Crippen molar-refractivity contribution in [2.24, 2.45) is 0 Å². The van der Waals surface area contributed by atoms with Gasteiger partial charge in [0.25, 0.3) is 0 Å². The Labute approximate surface area is 144 Å². The van der Waals surface area contributed by atoms with Crippen LogP contribution in [0.1, 0.15) is 37.2 Å². The van der Waals surface area contributed by atoms with Crippen molar-refractivity contribution in [3.8, 4) is 0 Å². The zero-order valence-corrected chi connectivity index (χ0v) is 14.1. The minimum absolute atomic E-state index is 0.327. The van der Waals surface area contributed by atoms with E-state index in [4.69, 9.17) is 4.74 Å². The fourth-order valence-electron chi connectivity index (χ4n) is 3.61. The van der Waals surface area contributed by atoms with Gasteiger partial charge in [0.15, 0.2) is 0 Å². The fourth-order valence-corrected chi connectivity index (χ4v) is 3.61. The molecular formula is C21H25NO2. The first-order valence-electron chi connectivity index (χ1n) is 8.81. The zero-order chi connectivity index (χ0) is 16.8. The van der Waals surface area contributed by atoms with Gasteiger partial charge >= 0.3 is 5.97 Å². The first-order chi connectivity index (χ1) is 11.8. The molecule has 1 aromatic carbocycles. The first kappa shape index (κ1) is 16.6. The number of esters is 1. The van der Waals surface area contributed by atoms with Crippen LogP contribution in [0.3, 0.4) is 0 Å². The minimum Gasteiger partial charge on any atom is -0.463 e. The third kappa shape index (κ3) is 3.61. The van der Waals surface area contributed by atoms with Crippen LogP contribution in [-0.4, -0.2) is 25.2 Å². The lowest BCUT2D eigenvalue weighted by molar-refractivity contribution is -0.137. The Bertz CT molecular complexity index is 647. The second-order valence-electron chi connectivity index (χ2n) is 6.32. The molecule has 1 aliphatic heterocycles. The van der Waals surface area contributed by atoms with Gasteiger partial charge in [0.05, 0.1) is 12.6 Å². The summed E-state index contributed by atoms with van der Waals surface area (Å²) in [5.41, 5.74) is 2.82. The van der Waals surface area contributed by atoms with E-state index < -0.39 is 0 Å². The zero-order valence-electron chi connectivity index (χ0n) is 14.1. The van der Waals surface area contributed by atoms with E-state index in [0.29, 0.717) is 18.6 Å². The van der Waals surface area contributed by atoms with Crippen molar-refractivity contribution in [3.05, 3.63) is 66.8 Å². The Morgan fingerprint density at radius 2 is 1.92 bits per heavy atom. The molecule has 0 bridgehead atoms. The normalized spacial score (nSPS) is 20.6. The number of unbranched alkanes of at least 4 members (excludes halogenated alkanes) is 3. The smallest absolute Gasteiger partial charge is 0.330 e. The molecule has 0 aromatic heterocycles. The Kier molecular flexibility index (Phi) is 5.52. The highest BCUT2D eigenvalue weighted by molar-refractivity contribution is 5.81. The molecule has 3 nitrogen and oxygen atoms in total. The number of allylic oxidation sites excluding steroid dienone is 2. The molecule has 3 rings (SSSR count). The molecule has 1 aliphatic carbocycles. The van der Waals surface area contributed by atoms with Crippen molar-refractivity contribution in [1.29, 1.82) is 0 Å². The quantitative estimate of drug-likeness (QED) is 0.404. The fraction of sp³-hybridized carbons (Fsp3) is 0.381. The number of hydrogen-bond donors (Lipinski definition) is 0. The molecule has 0 N–H and O–H groups in total. The van der Waals surface area contributed by atoms with Gasteiger partial charge in [-0.3, -0.25) is 0 Å². The number of fused-ring (bicyclic) bond motifs is 3. The predicted octanol–water partition coefficient (Wildman–Crippen LogP) is 4.37. The van der Waals surface area contributed by atoms with Crippen molar-refractivity contribution >= 4 is 11.7 Å². The summed E-state index contributed by atoms with van der Waals surface area (Å²) >= 11 is 0. The van der Waals surface area contributed by atoms with Gasteiger partial charge in [-0.15, -0.1) is 0 Å². The van der Waals surface area contributed by atoms with Crippen molar-refractivity contribution in [2.45, 2.75) is 37.6 Å². The van der Waals surface area contributed by atoms with Gasteiger partial charge in [0, 0.05) is 24.2 Å². The van der Waals surface area contributed by atoms with Crippen LogP contribution in [0.2, 0.25) is 0 Å². The summed E-state index contributed by atoms with van der Waals surface area (Å²) in [5.74, 6) is 0.163. The highest BCUT2D eigenvalue weighted by Crippen LogP contribution is 2.43. The van der Waals surface area contributed by atoms with Gasteiger partial charge in [0.2, 0.25) is 0 Å². The standard InChI is InChI=1S/C21H25NO2/c1-2-21(23)24-16-10-4-3-9-15-22-19-13-7-5-11-17(19)18-12-6-8-14-20(18)22/h2,5-8,11-14,17,19H,1,3-4,9-10,15-16H2. The van der Waals surface area contributed by atoms with Crippen molar-refractivity contribution in [2.75, 3.05) is 18.1 Å². The molecule has 2 atom stereocenters. The summed E-state index contributed by atoms with van der Waals surface area (Å²) < 4.78 is 5.00. The van der Waals surface area contributed by atoms with E-state index in [1.54, 1.807) is 0 Å². The van der Waals surface area contributed by atoms with E-state index in [9.17, 15) is 4.79 Å². The molecular weight excluding hydrogens is 298 g/mol. The predicted molar refractivity (Wildman–Crippen MR) is 98.2 cm³/mol. The van der Waals surface area contributed by atoms with Gasteiger partial charge in [-0.1, -0.05) is 55.5 Å². The number of ether oxygens (including phenoxy) is 1. The maximum absolute atomic E-state index is 11.0. The molecule has 0 spiro atoms. The molecule has 24 heavy (non-hydrogen) atoms. The first-order valence-corrected chi connectivity index (χ1v) is 8.81. The summed E-state index contributed by atoms with van der Waals surface area (Å²) in [5, 5.41) is 0. The third-order valence-corrected chi connectivity index (χ3v) is 4.78. The molecule has 126 valence electrons. The summed E-state index contributed by atoms with van der Waals surface area (Å²) in [4.78, 5) is 13.5. The molecule has 1 heterocycles. The van der Waals surface area contributed by atoms with Crippen LogP contribution in [0, 0.1) is 0 Å². The molecule has 2 unspecified atom stereocenters. The van der Waals surface area contributed by atoms with Gasteiger partial charge in [0.1, 0.15) is 0 Å². The van der Waals surface area contributed by atoms with Crippen LogP contribution in [0.5, 0.6) is 0 Å². The van der Waals surface area contributed by atoms with Crippen molar-refractivity contribution in [3.63, 3.8) is 0 Å². The topological polar surface area (TPSA) is 29.5 Å². The number of hydrogen-bond acceptors (Lipinski definition) is 3. The second kappa shape index (κ2) is 8.00. The third-order valence-electron chi connectivity index (χ3n) is 4.78. The summed E-state index contributed by atoms with van der Waals surface area (Å²) in [7, 11) is 0. The lowest BCUT2D eigenvalue weighted by atomic mass is 9.91. The number of carbonyl (C=O) groups excluding carboxylic acids is 1. The van der Waals surface area contributed by atoms with E-state index in [1.165, 1.54) is 17.3 Å². The number of nitrogens with zero attached hydrogens (tertiary/aromatic N) is 1. The molecule has 0 saturated carbocycles. The summed E-state index contributed by atoms with van der Waals surface area (Å²) in [6.45, 7) is 4.96. The lowest BCUT2D eigenvalue weighted by Gasteiger charge is -2.28. The van der Waals surface area contributed by atoms with E-state index >= 15 is 0 Å². The van der Waals surface area contributed by atoms with E-state index in [-0.39, 0.29) is 5.97 Å². The van der Waals surface area contributed by atoms with Crippen LogP contribution >= 0.6 is 0 Å². The maximum atomic E-state index is 11.0. The summed E-state index contributed by atoms with van der Waals surface area (Å²) in [6, 6.07) is 9.22. The van der Waals surface area contributed by atoms with Crippen molar-refractivity contribution in [1.82, 2.24) is 0 Å². The van der Waals surface area contributed by atoms with Crippen LogP contribution in [0.25, 0.3) is 0 Å². The van der Waals surface area contributed by atoms with Gasteiger partial charge in [-0.05, 0) is 30.9 Å². The van der Waals surface area contributed by atoms with Crippen LogP contribution < -0.4 is 4.90 Å². The van der Waals surface area contributed by atoms with Gasteiger partial charge in [-0.2, -0.15) is 0 Å². The number of benzene rings is 1. The summed E-state index contributed by atoms with van der Waals surface area (Å²) in [6.07, 6.45) is 14.5. The van der Waals surface area contributed by atoms with Crippen LogP contribution in [0.4, 0.5) is 5.69 Å². The van der Waals surface area contributed by atoms with E-state index in [2.05, 4.69) is 60.0 Å². The van der Waals surface area contributed by atoms with Crippen molar-refractivity contribution < 1.29 is 9.53 Å². The number of carbonyl (C=O) groups is 1. The highest BCUT2D eigenvalue weighted by atomic mass is 16.5. The average Bonchev–Trinajstić information content (AvgIpc) is 2.95. The Morgan fingerprint density at radius 1 is 1.12 bits per heavy atom. The number of para-hydroxylation sites is 1. The SMILES string of the molecule is C=CC(=O)OCCCCCCN1c2ccccc2C2C=CC=CC21. The minimum atomic E-state index is -0.327. The molecule has 0 fully saturated rings. The van der Waals surface area contributed by atoms with Gasteiger partial charge in [-0.25, -0.2) is 4.79 Å². The molecule has 3 heteroatoms. The second-order valence-corrected chi connectivity index (χ2v) is 6.32. The number of anilines is 1. The Balaban J connectivity index is 1.47. The highest BCUT2D eigenvalue weighted by Gasteiger charge is 2.35. The van der Waals surface area contributed by atoms with E-state index in [0.717, 1.165) is 32.2 Å². The Hall–Kier alpha value is -2.29. The molecule has 1 aromatic rings. The number of rotatable bonds is 8. The largest absolute Gasteiger partial charge is 0.463 e. The lowest BCUT2D eigenvalue weighted by Crippen LogP contribution is -2.33. The van der Waals surface area contributed by atoms with E-state index in [1.807, 2.05) is 0 Å². The monoisotopic (exact) mass is 323 g/mol. The Morgan fingerprint density at radius 3 is 2.79 bits per heavy atom. The molecule has 0 amide bonds. The molecule has 0 saturated heterocycles. The molecule has 0 radical (unpaired) electrons. The van der Waals surface area contributed by atoms with Crippen LogP contribution in [-0.2, 0) is 9.53 Å². The average molecular weight is 323 g/mol. The molecule has 2 aliphatic rings.